The van der Waals surface area contributed by atoms with Gasteiger partial charge in [0.2, 0.25) is 0 Å². The molecule has 128 valence electrons. The van der Waals surface area contributed by atoms with Crippen LogP contribution in [-0.4, -0.2) is 52.1 Å². The molecule has 0 aliphatic carbocycles. The minimum atomic E-state index is 0.0646. The fraction of sp³-hybridized carbons (Fsp3) is 0.444. The van der Waals surface area contributed by atoms with Crippen LogP contribution in [0.4, 0.5) is 0 Å². The van der Waals surface area contributed by atoms with Crippen LogP contribution in [0, 0.1) is 13.8 Å². The molecule has 2 atom stereocenters. The highest BCUT2D eigenvalue weighted by atomic mass is 32.1. The first kappa shape index (κ1) is 16.9. The van der Waals surface area contributed by atoms with E-state index in [0.717, 1.165) is 23.9 Å². The number of rotatable bonds is 5. The number of hydrogen-bond donors (Lipinski definition) is 2. The average Bonchev–Trinajstić information content (AvgIpc) is 3.04. The van der Waals surface area contributed by atoms with Gasteiger partial charge in [-0.05, 0) is 63.9 Å². The van der Waals surface area contributed by atoms with Crippen molar-refractivity contribution in [2.75, 3.05) is 27.2 Å². The summed E-state index contributed by atoms with van der Waals surface area (Å²) in [4.78, 5) is 12.5. The number of hydrogen-bond acceptors (Lipinski definition) is 3. The zero-order valence-electron chi connectivity index (χ0n) is 14.7. The number of aromatic nitrogens is 2. The van der Waals surface area contributed by atoms with Crippen LogP contribution in [0.15, 0.2) is 30.5 Å². The molecule has 0 unspecified atom stereocenters. The lowest BCUT2D eigenvalue weighted by atomic mass is 9.97. The van der Waals surface area contributed by atoms with Gasteiger partial charge in [-0.2, -0.15) is 0 Å². The van der Waals surface area contributed by atoms with E-state index in [9.17, 15) is 0 Å². The fourth-order valence-electron chi connectivity index (χ4n) is 3.35. The lowest BCUT2D eigenvalue weighted by molar-refractivity contribution is 0.277. The monoisotopic (exact) mass is 343 g/mol. The largest absolute Gasteiger partial charge is 0.362 e. The van der Waals surface area contributed by atoms with E-state index in [1.165, 1.54) is 17.0 Å². The second-order valence-corrected chi connectivity index (χ2v) is 7.04. The summed E-state index contributed by atoms with van der Waals surface area (Å²) in [5.74, 6) is 0. The zero-order valence-corrected chi connectivity index (χ0v) is 15.5. The zero-order chi connectivity index (χ0) is 17.3. The molecule has 3 heterocycles. The van der Waals surface area contributed by atoms with E-state index in [2.05, 4.69) is 65.2 Å². The van der Waals surface area contributed by atoms with Gasteiger partial charge in [-0.15, -0.1) is 0 Å². The van der Waals surface area contributed by atoms with Crippen LogP contribution in [0.5, 0.6) is 0 Å². The Labute approximate surface area is 149 Å². The highest BCUT2D eigenvalue weighted by Gasteiger charge is 2.40. The van der Waals surface area contributed by atoms with Crippen molar-refractivity contribution in [3.05, 3.63) is 53.1 Å². The molecule has 0 radical (unpaired) electrons. The molecule has 5 nitrogen and oxygen atoms in total. The molecule has 2 N–H and O–H groups in total. The number of H-pyrrole nitrogens is 1. The molecule has 0 aromatic carbocycles. The Morgan fingerprint density at radius 1 is 1.29 bits per heavy atom. The first-order valence-electron chi connectivity index (χ1n) is 8.26. The van der Waals surface area contributed by atoms with Gasteiger partial charge in [0.15, 0.2) is 5.11 Å². The molecule has 2 aromatic heterocycles. The molecule has 0 spiro atoms. The van der Waals surface area contributed by atoms with E-state index in [1.807, 2.05) is 18.3 Å². The molecule has 0 amide bonds. The van der Waals surface area contributed by atoms with Crippen LogP contribution < -0.4 is 5.32 Å². The Morgan fingerprint density at radius 3 is 2.67 bits per heavy atom. The highest BCUT2D eigenvalue weighted by molar-refractivity contribution is 7.80. The topological polar surface area (TPSA) is 47.2 Å². The molecule has 1 saturated heterocycles. The van der Waals surface area contributed by atoms with E-state index in [0.29, 0.717) is 0 Å². The molecule has 0 bridgehead atoms. The summed E-state index contributed by atoms with van der Waals surface area (Å²) in [5.41, 5.74) is 4.68. The molecule has 1 aliphatic rings. The fourth-order valence-corrected chi connectivity index (χ4v) is 3.68. The molecule has 6 heteroatoms. The van der Waals surface area contributed by atoms with Crippen molar-refractivity contribution < 1.29 is 0 Å². The average molecular weight is 344 g/mol. The summed E-state index contributed by atoms with van der Waals surface area (Å²) < 4.78 is 0. The smallest absolute Gasteiger partial charge is 0.170 e. The van der Waals surface area contributed by atoms with Crippen LogP contribution in [0.25, 0.3) is 0 Å². The first-order chi connectivity index (χ1) is 11.5. The predicted molar refractivity (Wildman–Crippen MR) is 101 cm³/mol. The van der Waals surface area contributed by atoms with Gasteiger partial charge in [0.25, 0.3) is 0 Å². The summed E-state index contributed by atoms with van der Waals surface area (Å²) in [6.45, 7) is 6.06. The Hall–Kier alpha value is -1.92. The molecular formula is C18H25N5S. The van der Waals surface area contributed by atoms with E-state index in [4.69, 9.17) is 12.2 Å². The van der Waals surface area contributed by atoms with Gasteiger partial charge in [0, 0.05) is 30.7 Å². The van der Waals surface area contributed by atoms with Crippen LogP contribution in [0.2, 0.25) is 0 Å². The number of thiocarbonyl (C=S) groups is 1. The number of aromatic amines is 1. The number of nitrogens with zero attached hydrogens (tertiary/aromatic N) is 3. The molecule has 1 aliphatic heterocycles. The van der Waals surface area contributed by atoms with E-state index in [-0.39, 0.29) is 12.1 Å². The Balaban J connectivity index is 1.99. The Kier molecular flexibility index (Phi) is 4.87. The van der Waals surface area contributed by atoms with Gasteiger partial charge in [-0.3, -0.25) is 4.98 Å². The van der Waals surface area contributed by atoms with Crippen LogP contribution >= 0.6 is 12.2 Å². The summed E-state index contributed by atoms with van der Waals surface area (Å²) in [7, 11) is 4.17. The SMILES string of the molecule is Cc1cc([C@@H]2[C@@H](c3ccccn3)NC(=S)N2CCN(C)C)c(C)[nH]1. The standard InChI is InChI=1S/C18H25N5S/c1-12-11-14(13(2)20-12)17-16(15-7-5-6-8-19-15)21-18(24)23(17)10-9-22(3)4/h5-8,11,16-17,20H,9-10H2,1-4H3,(H,21,24)/t16-,17-/m1/s1. The van der Waals surface area contributed by atoms with Gasteiger partial charge in [-0.25, -0.2) is 0 Å². The van der Waals surface area contributed by atoms with Crippen molar-refractivity contribution in [3.63, 3.8) is 0 Å². The highest BCUT2D eigenvalue weighted by Crippen LogP contribution is 2.39. The normalized spacial score (nSPS) is 20.7. The molecule has 24 heavy (non-hydrogen) atoms. The molecule has 1 fully saturated rings. The quantitative estimate of drug-likeness (QED) is 0.817. The van der Waals surface area contributed by atoms with Crippen LogP contribution in [0.3, 0.4) is 0 Å². The molecule has 2 aromatic rings. The number of nitrogens with one attached hydrogen (secondary N) is 2. The van der Waals surface area contributed by atoms with Gasteiger partial charge in [0.1, 0.15) is 0 Å². The summed E-state index contributed by atoms with van der Waals surface area (Å²) in [6.07, 6.45) is 1.84. The van der Waals surface area contributed by atoms with E-state index >= 15 is 0 Å². The second-order valence-electron chi connectivity index (χ2n) is 6.66. The van der Waals surface area contributed by atoms with E-state index in [1.54, 1.807) is 0 Å². The Bertz CT molecular complexity index is 709. The van der Waals surface area contributed by atoms with Crippen molar-refractivity contribution in [2.45, 2.75) is 25.9 Å². The van der Waals surface area contributed by atoms with Crippen LogP contribution in [0.1, 0.15) is 34.7 Å². The summed E-state index contributed by atoms with van der Waals surface area (Å²) in [6, 6.07) is 8.49. The predicted octanol–water partition coefficient (Wildman–Crippen LogP) is 2.56. The lowest BCUT2D eigenvalue weighted by Crippen LogP contribution is -2.35. The number of aryl methyl sites for hydroxylation is 2. The summed E-state index contributed by atoms with van der Waals surface area (Å²) in [5, 5.41) is 4.29. The third kappa shape index (κ3) is 3.30. The minimum absolute atomic E-state index is 0.0646. The lowest BCUT2D eigenvalue weighted by Gasteiger charge is -2.28. The van der Waals surface area contributed by atoms with Crippen molar-refractivity contribution in [3.8, 4) is 0 Å². The second kappa shape index (κ2) is 6.91. The molecule has 3 rings (SSSR count). The van der Waals surface area contributed by atoms with Crippen molar-refractivity contribution in [1.29, 1.82) is 0 Å². The maximum atomic E-state index is 5.65. The maximum absolute atomic E-state index is 5.65. The van der Waals surface area contributed by atoms with Crippen molar-refractivity contribution in [1.82, 2.24) is 25.1 Å². The summed E-state index contributed by atoms with van der Waals surface area (Å²) >= 11 is 5.65. The Morgan fingerprint density at radius 2 is 2.08 bits per heavy atom. The molecule has 0 saturated carbocycles. The van der Waals surface area contributed by atoms with Crippen molar-refractivity contribution >= 4 is 17.3 Å². The first-order valence-corrected chi connectivity index (χ1v) is 8.67. The maximum Gasteiger partial charge on any atom is 0.170 e. The van der Waals surface area contributed by atoms with Gasteiger partial charge >= 0.3 is 0 Å². The van der Waals surface area contributed by atoms with Crippen molar-refractivity contribution in [2.24, 2.45) is 0 Å². The van der Waals surface area contributed by atoms with Gasteiger partial charge < -0.3 is 20.1 Å². The van der Waals surface area contributed by atoms with Crippen LogP contribution in [-0.2, 0) is 0 Å². The number of pyridine rings is 1. The van der Waals surface area contributed by atoms with Gasteiger partial charge in [0.05, 0.1) is 17.8 Å². The minimum Gasteiger partial charge on any atom is -0.362 e. The third-order valence-corrected chi connectivity index (χ3v) is 4.85. The van der Waals surface area contributed by atoms with Gasteiger partial charge in [-0.1, -0.05) is 6.07 Å². The molecular weight excluding hydrogens is 318 g/mol. The van der Waals surface area contributed by atoms with E-state index < -0.39 is 0 Å². The third-order valence-electron chi connectivity index (χ3n) is 4.49. The number of likely N-dealkylation sites (N-methyl/N-ethyl adjacent to an activating group) is 1.